The van der Waals surface area contributed by atoms with Crippen molar-refractivity contribution in [3.05, 3.63) is 34.9 Å². The summed E-state index contributed by atoms with van der Waals surface area (Å²) in [6.45, 7) is 1.35. The summed E-state index contributed by atoms with van der Waals surface area (Å²) in [5.74, 6) is -1.31. The topological polar surface area (TPSA) is 77.8 Å². The molecule has 0 saturated heterocycles. The zero-order chi connectivity index (χ0) is 14.8. The molecule has 106 valence electrons. The molecule has 2 unspecified atom stereocenters. The van der Waals surface area contributed by atoms with Gasteiger partial charge in [0.25, 0.3) is 0 Å². The number of hydrogen-bond donors (Lipinski definition) is 3. The van der Waals surface area contributed by atoms with Crippen LogP contribution >= 0.6 is 0 Å². The fourth-order valence-electron chi connectivity index (χ4n) is 1.68. The maximum atomic E-state index is 12.4. The number of carboxylic acids is 1. The highest BCUT2D eigenvalue weighted by Gasteiger charge is 2.31. The molecule has 0 spiro atoms. The molecule has 4 nitrogen and oxygen atoms in total. The van der Waals surface area contributed by atoms with E-state index in [2.05, 4.69) is 0 Å². The highest BCUT2D eigenvalue weighted by Crippen LogP contribution is 2.32. The number of aryl methyl sites for hydroxylation is 1. The molecule has 2 atom stereocenters. The van der Waals surface area contributed by atoms with Gasteiger partial charge in [0.15, 0.2) is 0 Å². The van der Waals surface area contributed by atoms with Crippen molar-refractivity contribution in [3.8, 4) is 0 Å². The Bertz CT molecular complexity index is 471. The Labute approximate surface area is 107 Å². The zero-order valence-corrected chi connectivity index (χ0v) is 9.98. The largest absolute Gasteiger partial charge is 0.481 e. The number of aliphatic hydroxyl groups is 2. The van der Waals surface area contributed by atoms with E-state index in [4.69, 9.17) is 5.11 Å². The lowest BCUT2D eigenvalue weighted by Crippen LogP contribution is -2.22. The molecule has 7 heteroatoms. The maximum Gasteiger partial charge on any atom is 0.416 e. The maximum absolute atomic E-state index is 12.4. The van der Waals surface area contributed by atoms with Gasteiger partial charge < -0.3 is 15.3 Å². The predicted octanol–water partition coefficient (Wildman–Crippen LogP) is 1.88. The summed E-state index contributed by atoms with van der Waals surface area (Å²) < 4.78 is 37.3. The number of aliphatic carboxylic acids is 1. The van der Waals surface area contributed by atoms with E-state index >= 15 is 0 Å². The molecule has 0 amide bonds. The van der Waals surface area contributed by atoms with E-state index < -0.39 is 36.3 Å². The molecule has 0 bridgehead atoms. The Morgan fingerprint density at radius 1 is 1.32 bits per heavy atom. The number of aliphatic hydroxyl groups excluding tert-OH is 2. The third-order valence-corrected chi connectivity index (χ3v) is 2.66. The van der Waals surface area contributed by atoms with E-state index in [0.717, 1.165) is 18.2 Å². The van der Waals surface area contributed by atoms with Crippen molar-refractivity contribution in [1.29, 1.82) is 0 Å². The highest BCUT2D eigenvalue weighted by atomic mass is 19.4. The minimum atomic E-state index is -4.49. The van der Waals surface area contributed by atoms with Gasteiger partial charge in [-0.15, -0.1) is 0 Å². The second-order valence-corrected chi connectivity index (χ2v) is 4.18. The first-order chi connectivity index (χ1) is 8.62. The molecule has 1 aromatic rings. The lowest BCUT2D eigenvalue weighted by molar-refractivity contribution is -0.141. The van der Waals surface area contributed by atoms with E-state index in [0.29, 0.717) is 0 Å². The SMILES string of the molecule is Cc1cc(C(F)(F)F)ccc1C(O)C(O)CC(=O)O. The van der Waals surface area contributed by atoms with Crippen LogP contribution in [0.25, 0.3) is 0 Å². The van der Waals surface area contributed by atoms with E-state index in [1.54, 1.807) is 0 Å². The number of alkyl halides is 3. The average Bonchev–Trinajstić information content (AvgIpc) is 2.25. The first-order valence-electron chi connectivity index (χ1n) is 5.38. The Kier molecular flexibility index (Phi) is 4.54. The van der Waals surface area contributed by atoms with Crippen molar-refractivity contribution in [2.75, 3.05) is 0 Å². The molecule has 0 aliphatic carbocycles. The number of benzene rings is 1. The van der Waals surface area contributed by atoms with E-state index in [-0.39, 0.29) is 11.1 Å². The monoisotopic (exact) mass is 278 g/mol. The predicted molar refractivity (Wildman–Crippen MR) is 59.4 cm³/mol. The summed E-state index contributed by atoms with van der Waals surface area (Å²) in [5, 5.41) is 27.6. The van der Waals surface area contributed by atoms with Gasteiger partial charge in [-0.25, -0.2) is 0 Å². The van der Waals surface area contributed by atoms with Crippen molar-refractivity contribution in [2.24, 2.45) is 0 Å². The minimum absolute atomic E-state index is 0.0711. The number of hydrogen-bond acceptors (Lipinski definition) is 3. The number of carboxylic acid groups (broad SMARTS) is 1. The van der Waals surface area contributed by atoms with Gasteiger partial charge in [-0.3, -0.25) is 4.79 Å². The van der Waals surface area contributed by atoms with Gasteiger partial charge in [0, 0.05) is 0 Å². The molecule has 0 heterocycles. The first kappa shape index (κ1) is 15.5. The third-order valence-electron chi connectivity index (χ3n) is 2.66. The molecule has 0 fully saturated rings. The van der Waals surface area contributed by atoms with Crippen LogP contribution in [0.5, 0.6) is 0 Å². The fourth-order valence-corrected chi connectivity index (χ4v) is 1.68. The Balaban J connectivity index is 2.99. The second kappa shape index (κ2) is 5.58. The number of rotatable bonds is 4. The molecule has 1 rings (SSSR count). The van der Waals surface area contributed by atoms with Gasteiger partial charge in [-0.2, -0.15) is 13.2 Å². The molecule has 1 aromatic carbocycles. The lowest BCUT2D eigenvalue weighted by atomic mass is 9.96. The summed E-state index contributed by atoms with van der Waals surface area (Å²) in [4.78, 5) is 10.4. The van der Waals surface area contributed by atoms with Crippen LogP contribution in [0.3, 0.4) is 0 Å². The summed E-state index contributed by atoms with van der Waals surface area (Å²) in [6, 6.07) is 2.65. The summed E-state index contributed by atoms with van der Waals surface area (Å²) >= 11 is 0. The van der Waals surface area contributed by atoms with Crippen LogP contribution in [0.1, 0.15) is 29.2 Å². The van der Waals surface area contributed by atoms with Crippen molar-refractivity contribution >= 4 is 5.97 Å². The smallest absolute Gasteiger partial charge is 0.416 e. The average molecular weight is 278 g/mol. The molecule has 3 N–H and O–H groups in total. The molecule has 0 saturated carbocycles. The van der Waals surface area contributed by atoms with Crippen molar-refractivity contribution < 1.29 is 33.3 Å². The third kappa shape index (κ3) is 3.93. The molecule has 0 aliphatic heterocycles. The number of carbonyl (C=O) groups is 1. The van der Waals surface area contributed by atoms with Gasteiger partial charge >= 0.3 is 12.1 Å². The first-order valence-corrected chi connectivity index (χ1v) is 5.38. The van der Waals surface area contributed by atoms with E-state index in [1.165, 1.54) is 6.92 Å². The van der Waals surface area contributed by atoms with Gasteiger partial charge in [0.05, 0.1) is 18.1 Å². The summed E-state index contributed by atoms with van der Waals surface area (Å²) in [7, 11) is 0. The summed E-state index contributed by atoms with van der Waals surface area (Å²) in [6.07, 6.45) is -8.30. The van der Waals surface area contributed by atoms with E-state index in [1.807, 2.05) is 0 Å². The van der Waals surface area contributed by atoms with E-state index in [9.17, 15) is 28.2 Å². The lowest BCUT2D eigenvalue weighted by Gasteiger charge is -2.19. The van der Waals surface area contributed by atoms with Gasteiger partial charge in [0.1, 0.15) is 6.10 Å². The highest BCUT2D eigenvalue weighted by molar-refractivity contribution is 5.67. The van der Waals surface area contributed by atoms with Crippen molar-refractivity contribution in [2.45, 2.75) is 31.7 Å². The van der Waals surface area contributed by atoms with Gasteiger partial charge in [-0.05, 0) is 30.2 Å². The quantitative estimate of drug-likeness (QED) is 0.786. The van der Waals surface area contributed by atoms with Crippen LogP contribution in [0.15, 0.2) is 18.2 Å². The van der Waals surface area contributed by atoms with Crippen LogP contribution in [0, 0.1) is 6.92 Å². The molecule has 0 aromatic heterocycles. The van der Waals surface area contributed by atoms with Crippen LogP contribution in [0.2, 0.25) is 0 Å². The van der Waals surface area contributed by atoms with Crippen molar-refractivity contribution in [1.82, 2.24) is 0 Å². The van der Waals surface area contributed by atoms with Crippen molar-refractivity contribution in [3.63, 3.8) is 0 Å². The second-order valence-electron chi connectivity index (χ2n) is 4.18. The Morgan fingerprint density at radius 3 is 2.32 bits per heavy atom. The van der Waals surface area contributed by atoms with Crippen LogP contribution in [-0.2, 0) is 11.0 Å². The number of halogens is 3. The summed E-state index contributed by atoms with van der Waals surface area (Å²) in [5.41, 5.74) is -0.665. The molecule has 19 heavy (non-hydrogen) atoms. The fraction of sp³-hybridized carbons (Fsp3) is 0.417. The van der Waals surface area contributed by atoms with Crippen LogP contribution in [0.4, 0.5) is 13.2 Å². The molecular weight excluding hydrogens is 265 g/mol. The molecule has 0 aliphatic rings. The zero-order valence-electron chi connectivity index (χ0n) is 9.98. The molecular formula is C12H13F3O4. The standard InChI is InChI=1S/C12H13F3O4/c1-6-4-7(12(13,14)15)2-3-8(6)11(19)9(16)5-10(17)18/h2-4,9,11,16,19H,5H2,1H3,(H,17,18). The van der Waals surface area contributed by atoms with Crippen LogP contribution < -0.4 is 0 Å². The normalized spacial score (nSPS) is 15.1. The van der Waals surface area contributed by atoms with Gasteiger partial charge in [0.2, 0.25) is 0 Å². The Hall–Kier alpha value is -1.60. The Morgan fingerprint density at radius 2 is 1.89 bits per heavy atom. The van der Waals surface area contributed by atoms with Gasteiger partial charge in [-0.1, -0.05) is 6.07 Å². The van der Waals surface area contributed by atoms with Crippen LogP contribution in [-0.4, -0.2) is 27.4 Å². The minimum Gasteiger partial charge on any atom is -0.481 e. The molecule has 0 radical (unpaired) electrons.